The summed E-state index contributed by atoms with van der Waals surface area (Å²) in [6, 6.07) is 1.03. The standard InChI is InChI=1S/C27H29ClF3N5O4S/c1-3-40-26(39)20-18(12-36-13-27(30,31)22-19(36)6-8-35(22)11-14(2)25(37)38)33-23(24-32-7-9-41-24)34-21(20)16-5-4-15(29)10-17(16)28/h4-5,7,9-10,14,19,21-22H,3,6,8,11-13H2,1-2H3,(H,33,34)(H,37,38)/t14-,19+,21+,22-/m1/s1. The van der Waals surface area contributed by atoms with Crippen molar-refractivity contribution >= 4 is 40.7 Å². The van der Waals surface area contributed by atoms with Crippen molar-refractivity contribution in [3.05, 3.63) is 62.5 Å². The Kier molecular flexibility index (Phi) is 8.42. The van der Waals surface area contributed by atoms with Crippen molar-refractivity contribution in [2.75, 3.05) is 32.8 Å². The molecule has 3 aliphatic rings. The van der Waals surface area contributed by atoms with E-state index in [1.807, 2.05) is 0 Å². The fourth-order valence-electron chi connectivity index (χ4n) is 5.83. The van der Waals surface area contributed by atoms with Gasteiger partial charge in [0, 0.05) is 53.5 Å². The van der Waals surface area contributed by atoms with E-state index in [2.05, 4.69) is 10.3 Å². The highest BCUT2D eigenvalue weighted by Crippen LogP contribution is 2.43. The highest BCUT2D eigenvalue weighted by molar-refractivity contribution is 7.11. The van der Waals surface area contributed by atoms with Gasteiger partial charge in [-0.15, -0.1) is 11.3 Å². The average molecular weight is 612 g/mol. The summed E-state index contributed by atoms with van der Waals surface area (Å²) < 4.78 is 50.2. The van der Waals surface area contributed by atoms with Gasteiger partial charge in [0.1, 0.15) is 11.9 Å². The zero-order chi connectivity index (χ0) is 29.5. The van der Waals surface area contributed by atoms with Crippen LogP contribution in [0.3, 0.4) is 0 Å². The maximum absolute atomic E-state index is 15.5. The summed E-state index contributed by atoms with van der Waals surface area (Å²) in [6.45, 7) is 2.92. The molecule has 3 aliphatic heterocycles. The Bertz CT molecular complexity index is 1390. The van der Waals surface area contributed by atoms with Gasteiger partial charge in [0.05, 0.1) is 30.7 Å². The van der Waals surface area contributed by atoms with Crippen LogP contribution in [0.5, 0.6) is 0 Å². The van der Waals surface area contributed by atoms with Crippen molar-refractivity contribution < 1.29 is 32.6 Å². The third-order valence-electron chi connectivity index (χ3n) is 7.59. The number of hydrogen-bond donors (Lipinski definition) is 2. The van der Waals surface area contributed by atoms with Crippen molar-refractivity contribution in [3.63, 3.8) is 0 Å². The van der Waals surface area contributed by atoms with E-state index in [0.717, 1.165) is 6.07 Å². The number of likely N-dealkylation sites (tertiary alicyclic amines) is 2. The lowest BCUT2D eigenvalue weighted by Crippen LogP contribution is -2.47. The second-order valence-electron chi connectivity index (χ2n) is 10.3. The van der Waals surface area contributed by atoms with E-state index >= 15 is 8.78 Å². The molecule has 2 fully saturated rings. The van der Waals surface area contributed by atoms with Crippen LogP contribution in [-0.4, -0.2) is 88.5 Å². The molecule has 5 rings (SSSR count). The Morgan fingerprint density at radius 3 is 2.78 bits per heavy atom. The molecule has 0 radical (unpaired) electrons. The molecule has 2 saturated heterocycles. The van der Waals surface area contributed by atoms with Crippen LogP contribution in [0.25, 0.3) is 0 Å². The van der Waals surface area contributed by atoms with Crippen molar-refractivity contribution in [2.24, 2.45) is 10.9 Å². The molecule has 9 nitrogen and oxygen atoms in total. The molecule has 0 amide bonds. The van der Waals surface area contributed by atoms with Crippen molar-refractivity contribution in [2.45, 2.75) is 44.3 Å². The topological polar surface area (TPSA) is 107 Å². The van der Waals surface area contributed by atoms with Crippen LogP contribution < -0.4 is 5.32 Å². The minimum atomic E-state index is -3.11. The van der Waals surface area contributed by atoms with Gasteiger partial charge in [0.2, 0.25) is 0 Å². The number of carboxylic acids is 1. The van der Waals surface area contributed by atoms with Crippen LogP contribution in [0.15, 0.2) is 46.0 Å². The van der Waals surface area contributed by atoms with E-state index in [9.17, 15) is 19.1 Å². The summed E-state index contributed by atoms with van der Waals surface area (Å²) in [7, 11) is 0. The number of carboxylic acid groups (broad SMARTS) is 1. The van der Waals surface area contributed by atoms with E-state index in [-0.39, 0.29) is 30.3 Å². The van der Waals surface area contributed by atoms with Gasteiger partial charge < -0.3 is 15.2 Å². The fraction of sp³-hybridized carbons (Fsp3) is 0.481. The number of carbonyl (C=O) groups excluding carboxylic acids is 1. The number of hydrogen-bond acceptors (Lipinski definition) is 9. The zero-order valence-corrected chi connectivity index (χ0v) is 23.9. The summed E-state index contributed by atoms with van der Waals surface area (Å²) in [6.07, 6.45) is 2.00. The van der Waals surface area contributed by atoms with Crippen LogP contribution in [0.4, 0.5) is 13.2 Å². The summed E-state index contributed by atoms with van der Waals surface area (Å²) in [5, 5.41) is 14.8. The van der Waals surface area contributed by atoms with E-state index in [0.29, 0.717) is 35.1 Å². The predicted molar refractivity (Wildman–Crippen MR) is 147 cm³/mol. The van der Waals surface area contributed by atoms with Crippen LogP contribution in [0, 0.1) is 11.7 Å². The predicted octanol–water partition coefficient (Wildman–Crippen LogP) is 3.96. The molecule has 1 aromatic carbocycles. The lowest BCUT2D eigenvalue weighted by Gasteiger charge is -2.31. The van der Waals surface area contributed by atoms with E-state index in [4.69, 9.17) is 21.3 Å². The number of carbonyl (C=O) groups is 2. The number of aromatic nitrogens is 1. The number of aliphatic imine (C=N–C) groups is 1. The van der Waals surface area contributed by atoms with Gasteiger partial charge in [0.25, 0.3) is 5.92 Å². The lowest BCUT2D eigenvalue weighted by molar-refractivity contribution is -0.142. The minimum absolute atomic E-state index is 0.0148. The molecule has 41 heavy (non-hydrogen) atoms. The number of halogens is 4. The third-order valence-corrected chi connectivity index (χ3v) is 8.70. The van der Waals surface area contributed by atoms with Crippen LogP contribution in [0.1, 0.15) is 36.9 Å². The molecular formula is C27H29ClF3N5O4S. The molecule has 0 aliphatic carbocycles. The first kappa shape index (κ1) is 29.5. The van der Waals surface area contributed by atoms with Crippen LogP contribution in [-0.2, 0) is 14.3 Å². The number of ether oxygens (including phenoxy) is 1. The number of thiazole rings is 1. The van der Waals surface area contributed by atoms with Crippen molar-refractivity contribution in [3.8, 4) is 0 Å². The zero-order valence-electron chi connectivity index (χ0n) is 22.3. The number of rotatable bonds is 9. The first-order chi connectivity index (χ1) is 19.5. The smallest absolute Gasteiger partial charge is 0.338 e. The van der Waals surface area contributed by atoms with Gasteiger partial charge in [-0.3, -0.25) is 19.6 Å². The quantitative estimate of drug-likeness (QED) is 0.411. The normalized spacial score (nSPS) is 25.0. The average Bonchev–Trinajstić information content (AvgIpc) is 3.63. The SMILES string of the molecule is CCOC(=O)C1=C(CN2CC(F)(F)[C@H]3[C@@H]2CCN3C[C@@H](C)C(=O)O)NC(c2nccs2)=N[C@H]1c1ccc(F)cc1Cl. The van der Waals surface area contributed by atoms with E-state index in [1.165, 1.54) is 30.4 Å². The lowest BCUT2D eigenvalue weighted by atomic mass is 9.95. The number of benzene rings is 1. The first-order valence-corrected chi connectivity index (χ1v) is 14.4. The van der Waals surface area contributed by atoms with Gasteiger partial charge in [-0.1, -0.05) is 24.6 Å². The molecule has 220 valence electrons. The molecule has 0 unspecified atom stereocenters. The molecule has 2 N–H and O–H groups in total. The maximum atomic E-state index is 15.5. The van der Waals surface area contributed by atoms with Crippen molar-refractivity contribution in [1.82, 2.24) is 20.1 Å². The molecule has 0 spiro atoms. The molecule has 0 bridgehead atoms. The number of alkyl halides is 2. The van der Waals surface area contributed by atoms with Crippen LogP contribution >= 0.6 is 22.9 Å². The molecule has 4 atom stereocenters. The molecule has 14 heteroatoms. The second kappa shape index (κ2) is 11.7. The number of nitrogens with zero attached hydrogens (tertiary/aromatic N) is 4. The maximum Gasteiger partial charge on any atom is 0.338 e. The Morgan fingerprint density at radius 2 is 2.12 bits per heavy atom. The van der Waals surface area contributed by atoms with Gasteiger partial charge in [-0.05, 0) is 25.5 Å². The Morgan fingerprint density at radius 1 is 1.34 bits per heavy atom. The number of aliphatic carboxylic acids is 1. The van der Waals surface area contributed by atoms with Gasteiger partial charge >= 0.3 is 11.9 Å². The molecule has 2 aromatic rings. The van der Waals surface area contributed by atoms with E-state index in [1.54, 1.807) is 28.3 Å². The molecular weight excluding hydrogens is 583 g/mol. The molecule has 4 heterocycles. The van der Waals surface area contributed by atoms with Crippen LogP contribution in [0.2, 0.25) is 5.02 Å². The number of amidine groups is 1. The Balaban J connectivity index is 1.54. The van der Waals surface area contributed by atoms with Gasteiger partial charge in [-0.2, -0.15) is 0 Å². The Labute approximate surface area is 243 Å². The second-order valence-corrected chi connectivity index (χ2v) is 11.6. The molecule has 1 aromatic heterocycles. The van der Waals surface area contributed by atoms with Gasteiger partial charge in [0.15, 0.2) is 10.8 Å². The summed E-state index contributed by atoms with van der Waals surface area (Å²) >= 11 is 7.71. The first-order valence-electron chi connectivity index (χ1n) is 13.2. The Hall–Kier alpha value is -3.00. The van der Waals surface area contributed by atoms with Gasteiger partial charge in [-0.25, -0.2) is 22.9 Å². The molecule has 0 saturated carbocycles. The third kappa shape index (κ3) is 5.85. The summed E-state index contributed by atoms with van der Waals surface area (Å²) in [4.78, 5) is 37.0. The number of nitrogens with one attached hydrogen (secondary N) is 1. The number of esters is 1. The highest BCUT2D eigenvalue weighted by atomic mass is 35.5. The van der Waals surface area contributed by atoms with E-state index < -0.39 is 54.3 Å². The number of fused-ring (bicyclic) bond motifs is 1. The summed E-state index contributed by atoms with van der Waals surface area (Å²) in [5.41, 5.74) is 0.744. The minimum Gasteiger partial charge on any atom is -0.481 e. The highest BCUT2D eigenvalue weighted by Gasteiger charge is 2.59. The monoisotopic (exact) mass is 611 g/mol. The fourth-order valence-corrected chi connectivity index (χ4v) is 6.69. The van der Waals surface area contributed by atoms with Crippen molar-refractivity contribution in [1.29, 1.82) is 0 Å². The summed E-state index contributed by atoms with van der Waals surface area (Å²) in [5.74, 6) is -5.89. The largest absolute Gasteiger partial charge is 0.481 e.